The molecule has 2 fully saturated rings. The molecule has 9 heteroatoms. The molecule has 0 saturated heterocycles. The number of halogens is 3. The van der Waals surface area contributed by atoms with E-state index in [0.29, 0.717) is 31.1 Å². The van der Waals surface area contributed by atoms with E-state index >= 15 is 0 Å². The fourth-order valence-electron chi connectivity index (χ4n) is 5.20. The predicted molar refractivity (Wildman–Crippen MR) is 129 cm³/mol. The Morgan fingerprint density at radius 3 is 2.43 bits per heavy atom. The number of benzene rings is 1. The van der Waals surface area contributed by atoms with Crippen molar-refractivity contribution in [1.29, 1.82) is 0 Å². The number of ether oxygens (including phenoxy) is 2. The molecule has 1 N–H and O–H groups in total. The first-order valence-electron chi connectivity index (χ1n) is 12.2. The quantitative estimate of drug-likeness (QED) is 0.373. The number of nitrogens with zero attached hydrogens (tertiary/aromatic N) is 1. The number of aromatic nitrogens is 1. The normalized spacial score (nSPS) is 23.4. The van der Waals surface area contributed by atoms with Crippen LogP contribution in [0.5, 0.6) is 11.5 Å². The lowest BCUT2D eigenvalue weighted by molar-refractivity contribution is -0.142. The highest BCUT2D eigenvalue weighted by atomic mass is 31.2. The van der Waals surface area contributed by atoms with Gasteiger partial charge in [0.15, 0.2) is 7.37 Å². The van der Waals surface area contributed by atoms with Crippen molar-refractivity contribution in [3.05, 3.63) is 53.3 Å². The summed E-state index contributed by atoms with van der Waals surface area (Å²) in [5.41, 5.74) is 0.432. The SMILES string of the molecule is COc1cnc(C(F)(F)F)c(C2CCC(COc3cccc(C(CP(C)(=O)O)C4CC4)c3)CC2)c1. The molecular weight excluding hydrogens is 478 g/mol. The second-order valence-corrected chi connectivity index (χ2v) is 12.6. The molecule has 0 amide bonds. The van der Waals surface area contributed by atoms with Crippen LogP contribution in [0.15, 0.2) is 36.5 Å². The van der Waals surface area contributed by atoms with Crippen LogP contribution < -0.4 is 9.47 Å². The Balaban J connectivity index is 1.36. The second kappa shape index (κ2) is 10.5. The summed E-state index contributed by atoms with van der Waals surface area (Å²) in [6.07, 6.45) is 1.89. The van der Waals surface area contributed by atoms with Crippen LogP contribution in [0.25, 0.3) is 0 Å². The Bertz CT molecular complexity index is 1060. The van der Waals surface area contributed by atoms with Crippen molar-refractivity contribution in [1.82, 2.24) is 4.98 Å². The Morgan fingerprint density at radius 1 is 1.11 bits per heavy atom. The maximum atomic E-state index is 13.5. The van der Waals surface area contributed by atoms with Gasteiger partial charge in [-0.25, -0.2) is 4.98 Å². The number of alkyl halides is 3. The summed E-state index contributed by atoms with van der Waals surface area (Å²) in [6, 6.07) is 9.25. The third-order valence-corrected chi connectivity index (χ3v) is 8.25. The first-order chi connectivity index (χ1) is 16.5. The summed E-state index contributed by atoms with van der Waals surface area (Å²) in [7, 11) is -1.70. The lowest BCUT2D eigenvalue weighted by Gasteiger charge is -2.30. The molecule has 2 unspecified atom stereocenters. The van der Waals surface area contributed by atoms with Crippen molar-refractivity contribution in [2.75, 3.05) is 26.5 Å². The molecule has 5 nitrogen and oxygen atoms in total. The van der Waals surface area contributed by atoms with Gasteiger partial charge < -0.3 is 14.4 Å². The van der Waals surface area contributed by atoms with E-state index in [4.69, 9.17) is 9.47 Å². The molecule has 2 aliphatic carbocycles. The lowest BCUT2D eigenvalue weighted by Crippen LogP contribution is -2.22. The first kappa shape index (κ1) is 26.0. The maximum Gasteiger partial charge on any atom is 0.433 e. The smallest absolute Gasteiger partial charge is 0.433 e. The van der Waals surface area contributed by atoms with Crippen LogP contribution >= 0.6 is 7.37 Å². The lowest BCUT2D eigenvalue weighted by atomic mass is 9.78. The van der Waals surface area contributed by atoms with Crippen molar-refractivity contribution in [2.45, 2.75) is 56.5 Å². The molecule has 1 heterocycles. The molecule has 0 radical (unpaired) electrons. The topological polar surface area (TPSA) is 68.7 Å². The van der Waals surface area contributed by atoms with Gasteiger partial charge in [-0.1, -0.05) is 12.1 Å². The van der Waals surface area contributed by atoms with Gasteiger partial charge in [-0.3, -0.25) is 4.57 Å². The summed E-state index contributed by atoms with van der Waals surface area (Å²) in [5, 5.41) is 0. The zero-order chi connectivity index (χ0) is 25.2. The van der Waals surface area contributed by atoms with Crippen LogP contribution in [0.3, 0.4) is 0 Å². The molecule has 2 aromatic rings. The Morgan fingerprint density at radius 2 is 1.83 bits per heavy atom. The summed E-state index contributed by atoms with van der Waals surface area (Å²) < 4.78 is 63.7. The predicted octanol–water partition coefficient (Wildman–Crippen LogP) is 6.86. The van der Waals surface area contributed by atoms with Gasteiger partial charge in [0.2, 0.25) is 0 Å². The molecule has 2 atom stereocenters. The highest BCUT2D eigenvalue weighted by Crippen LogP contribution is 2.51. The molecule has 2 aliphatic rings. The van der Waals surface area contributed by atoms with E-state index in [1.54, 1.807) is 0 Å². The highest BCUT2D eigenvalue weighted by molar-refractivity contribution is 7.57. The first-order valence-corrected chi connectivity index (χ1v) is 14.5. The van der Waals surface area contributed by atoms with Crippen LogP contribution in [0.2, 0.25) is 0 Å². The van der Waals surface area contributed by atoms with Gasteiger partial charge in [-0.15, -0.1) is 0 Å². The van der Waals surface area contributed by atoms with Crippen LogP contribution in [-0.2, 0) is 10.7 Å². The van der Waals surface area contributed by atoms with Crippen molar-refractivity contribution >= 4 is 7.37 Å². The van der Waals surface area contributed by atoms with E-state index < -0.39 is 19.2 Å². The van der Waals surface area contributed by atoms with E-state index in [9.17, 15) is 22.6 Å². The standard InChI is InChI=1S/C26H33F3NO4P/c1-33-22-13-23(25(30-14-22)26(27,28)29)18-8-6-17(7-9-18)15-34-21-5-3-4-20(12-21)24(19-10-11-19)16-35(2,31)32/h3-5,12-14,17-19,24H,6-11,15-16H2,1-2H3,(H,31,32). The minimum atomic E-state index is -4.49. The van der Waals surface area contributed by atoms with E-state index in [2.05, 4.69) is 4.98 Å². The van der Waals surface area contributed by atoms with Gasteiger partial charge in [0.1, 0.15) is 17.2 Å². The van der Waals surface area contributed by atoms with Crippen molar-refractivity contribution in [2.24, 2.45) is 11.8 Å². The van der Waals surface area contributed by atoms with Gasteiger partial charge in [-0.2, -0.15) is 13.2 Å². The van der Waals surface area contributed by atoms with Crippen LogP contribution in [0.4, 0.5) is 13.2 Å². The molecule has 0 aliphatic heterocycles. The van der Waals surface area contributed by atoms with E-state index in [0.717, 1.165) is 43.2 Å². The minimum Gasteiger partial charge on any atom is -0.495 e. The van der Waals surface area contributed by atoms with Gasteiger partial charge >= 0.3 is 6.18 Å². The Labute approximate surface area is 204 Å². The third kappa shape index (κ3) is 7.01. The zero-order valence-electron chi connectivity index (χ0n) is 20.1. The monoisotopic (exact) mass is 511 g/mol. The molecule has 4 rings (SSSR count). The largest absolute Gasteiger partial charge is 0.495 e. The minimum absolute atomic E-state index is 0.0640. The van der Waals surface area contributed by atoms with Crippen molar-refractivity contribution < 1.29 is 32.1 Å². The van der Waals surface area contributed by atoms with Crippen molar-refractivity contribution in [3.63, 3.8) is 0 Å². The van der Waals surface area contributed by atoms with Gasteiger partial charge in [-0.05, 0) is 91.5 Å². The number of hydrogen-bond acceptors (Lipinski definition) is 4. The molecule has 35 heavy (non-hydrogen) atoms. The highest BCUT2D eigenvalue weighted by Gasteiger charge is 2.38. The van der Waals surface area contributed by atoms with Crippen molar-refractivity contribution in [3.8, 4) is 11.5 Å². The molecular formula is C26H33F3NO4P. The number of methoxy groups -OCH3 is 1. The Kier molecular flexibility index (Phi) is 7.82. The zero-order valence-corrected chi connectivity index (χ0v) is 21.0. The third-order valence-electron chi connectivity index (χ3n) is 7.18. The van der Waals surface area contributed by atoms with Crippen LogP contribution in [-0.4, -0.2) is 36.4 Å². The van der Waals surface area contributed by atoms with E-state index in [1.165, 1.54) is 19.8 Å². The molecule has 192 valence electrons. The molecule has 0 bridgehead atoms. The van der Waals surface area contributed by atoms with Crippen LogP contribution in [0.1, 0.15) is 67.2 Å². The van der Waals surface area contributed by atoms with Crippen LogP contribution in [0, 0.1) is 11.8 Å². The summed E-state index contributed by atoms with van der Waals surface area (Å²) in [4.78, 5) is 13.6. The Hall–Kier alpha value is -2.05. The number of pyridine rings is 1. The number of rotatable bonds is 9. The average molecular weight is 512 g/mol. The molecule has 2 saturated carbocycles. The molecule has 1 aromatic heterocycles. The summed E-state index contributed by atoms with van der Waals surface area (Å²) in [6.45, 7) is 1.91. The van der Waals surface area contributed by atoms with Gasteiger partial charge in [0.05, 0.1) is 19.9 Å². The molecule has 0 spiro atoms. The van der Waals surface area contributed by atoms with Gasteiger partial charge in [0, 0.05) is 12.8 Å². The van der Waals surface area contributed by atoms with E-state index in [-0.39, 0.29) is 29.5 Å². The summed E-state index contributed by atoms with van der Waals surface area (Å²) in [5.74, 6) is 1.63. The fraction of sp³-hybridized carbons (Fsp3) is 0.577. The summed E-state index contributed by atoms with van der Waals surface area (Å²) >= 11 is 0. The maximum absolute atomic E-state index is 13.5. The fourth-order valence-corrected chi connectivity index (χ4v) is 6.44. The second-order valence-electron chi connectivity index (χ2n) is 10.1. The molecule has 1 aromatic carbocycles. The average Bonchev–Trinajstić information content (AvgIpc) is 3.65. The van der Waals surface area contributed by atoms with Gasteiger partial charge in [0.25, 0.3) is 0 Å². The van der Waals surface area contributed by atoms with E-state index in [1.807, 2.05) is 24.3 Å². The number of hydrogen-bond donors (Lipinski definition) is 1.